The lowest BCUT2D eigenvalue weighted by molar-refractivity contribution is -0.131. The molecular formula is C23H36N4O4. The maximum atomic E-state index is 13.0. The van der Waals surface area contributed by atoms with Crippen molar-refractivity contribution in [1.29, 1.82) is 0 Å². The van der Waals surface area contributed by atoms with Gasteiger partial charge in [0.05, 0.1) is 24.8 Å². The van der Waals surface area contributed by atoms with E-state index in [0.29, 0.717) is 19.4 Å². The summed E-state index contributed by atoms with van der Waals surface area (Å²) in [5.74, 6) is 1.49. The average molecular weight is 433 g/mol. The minimum Gasteiger partial charge on any atom is -0.376 e. The van der Waals surface area contributed by atoms with E-state index in [1.165, 1.54) is 0 Å². The topological polar surface area (TPSA) is 87.9 Å². The Balaban J connectivity index is 1.50. The Hall–Kier alpha value is -1.93. The SMILES string of the molecule is Cc1noc(C)c1CN1C[C@@H](CC(=O)N2CCCC2)[C@H]2[C@H](CC(=O)NC(C)C)OC[C@H]21. The van der Waals surface area contributed by atoms with Crippen molar-refractivity contribution in [3.8, 4) is 0 Å². The first-order valence-corrected chi connectivity index (χ1v) is 11.7. The van der Waals surface area contributed by atoms with Gasteiger partial charge in [-0.1, -0.05) is 5.16 Å². The lowest BCUT2D eigenvalue weighted by Crippen LogP contribution is -2.37. The summed E-state index contributed by atoms with van der Waals surface area (Å²) in [6.45, 7) is 11.8. The number of carbonyl (C=O) groups excluding carboxylic acids is 2. The number of carbonyl (C=O) groups is 2. The zero-order valence-electron chi connectivity index (χ0n) is 19.2. The van der Waals surface area contributed by atoms with E-state index < -0.39 is 0 Å². The first-order chi connectivity index (χ1) is 14.8. The van der Waals surface area contributed by atoms with Crippen molar-refractivity contribution in [1.82, 2.24) is 20.3 Å². The molecule has 0 saturated carbocycles. The van der Waals surface area contributed by atoms with Gasteiger partial charge in [0.15, 0.2) is 0 Å². The van der Waals surface area contributed by atoms with Crippen molar-refractivity contribution < 1.29 is 18.8 Å². The third kappa shape index (κ3) is 4.80. The van der Waals surface area contributed by atoms with Gasteiger partial charge in [0.25, 0.3) is 0 Å². The predicted octanol–water partition coefficient (Wildman–Crippen LogP) is 2.03. The second-order valence-corrected chi connectivity index (χ2v) is 9.73. The van der Waals surface area contributed by atoms with Gasteiger partial charge in [-0.2, -0.15) is 0 Å². The molecule has 3 aliphatic heterocycles. The van der Waals surface area contributed by atoms with Crippen molar-refractivity contribution in [3.63, 3.8) is 0 Å². The lowest BCUT2D eigenvalue weighted by Gasteiger charge is -2.25. The molecule has 4 heterocycles. The first-order valence-electron chi connectivity index (χ1n) is 11.7. The molecule has 0 bridgehead atoms. The maximum absolute atomic E-state index is 13.0. The Morgan fingerprint density at radius 2 is 1.94 bits per heavy atom. The van der Waals surface area contributed by atoms with E-state index in [4.69, 9.17) is 9.26 Å². The van der Waals surface area contributed by atoms with Crippen LogP contribution in [-0.4, -0.2) is 71.2 Å². The van der Waals surface area contributed by atoms with E-state index in [0.717, 1.165) is 56.0 Å². The standard InChI is InChI=1S/C23H36N4O4/c1-14(2)24-21(28)10-20-23-17(9-22(29)26-7-5-6-8-26)11-27(19(23)13-30-20)12-18-15(3)25-31-16(18)4/h14,17,19-20,23H,5-13H2,1-4H3,(H,24,28)/t17-,19-,20+,23-/m1/s1. The van der Waals surface area contributed by atoms with Gasteiger partial charge in [-0.15, -0.1) is 0 Å². The van der Waals surface area contributed by atoms with Crippen LogP contribution in [0, 0.1) is 25.7 Å². The molecule has 0 spiro atoms. The minimum absolute atomic E-state index is 0.0226. The van der Waals surface area contributed by atoms with E-state index >= 15 is 0 Å². The molecule has 172 valence electrons. The number of likely N-dealkylation sites (tertiary alicyclic amines) is 2. The minimum atomic E-state index is -0.144. The molecule has 2 amide bonds. The summed E-state index contributed by atoms with van der Waals surface area (Å²) in [5.41, 5.74) is 2.03. The van der Waals surface area contributed by atoms with Crippen molar-refractivity contribution in [2.75, 3.05) is 26.2 Å². The fourth-order valence-corrected chi connectivity index (χ4v) is 5.61. The fourth-order valence-electron chi connectivity index (χ4n) is 5.61. The number of nitrogens with zero attached hydrogens (tertiary/aromatic N) is 3. The molecule has 4 rings (SSSR count). The second-order valence-electron chi connectivity index (χ2n) is 9.73. The van der Waals surface area contributed by atoms with Gasteiger partial charge in [-0.25, -0.2) is 0 Å². The molecule has 3 fully saturated rings. The third-order valence-electron chi connectivity index (χ3n) is 7.11. The Morgan fingerprint density at radius 1 is 1.19 bits per heavy atom. The highest BCUT2D eigenvalue weighted by Crippen LogP contribution is 2.42. The number of aromatic nitrogens is 1. The van der Waals surface area contributed by atoms with Gasteiger partial charge in [0.1, 0.15) is 5.76 Å². The van der Waals surface area contributed by atoms with Gasteiger partial charge in [-0.05, 0) is 46.5 Å². The third-order valence-corrected chi connectivity index (χ3v) is 7.11. The van der Waals surface area contributed by atoms with Gasteiger partial charge < -0.3 is 19.5 Å². The van der Waals surface area contributed by atoms with Gasteiger partial charge in [0.2, 0.25) is 11.8 Å². The zero-order valence-corrected chi connectivity index (χ0v) is 19.2. The maximum Gasteiger partial charge on any atom is 0.222 e. The van der Waals surface area contributed by atoms with Crippen LogP contribution < -0.4 is 5.32 Å². The normalized spacial score (nSPS) is 28.5. The first kappa shape index (κ1) is 22.3. The summed E-state index contributed by atoms with van der Waals surface area (Å²) in [6.07, 6.45) is 2.94. The molecule has 0 radical (unpaired) electrons. The van der Waals surface area contributed by atoms with Crippen LogP contribution in [0.5, 0.6) is 0 Å². The van der Waals surface area contributed by atoms with Crippen molar-refractivity contribution in [3.05, 3.63) is 17.0 Å². The Morgan fingerprint density at radius 3 is 2.58 bits per heavy atom. The van der Waals surface area contributed by atoms with E-state index in [1.807, 2.05) is 32.6 Å². The van der Waals surface area contributed by atoms with E-state index in [9.17, 15) is 9.59 Å². The summed E-state index contributed by atoms with van der Waals surface area (Å²) in [4.78, 5) is 29.8. The molecule has 8 nitrogen and oxygen atoms in total. The van der Waals surface area contributed by atoms with Crippen LogP contribution in [0.15, 0.2) is 4.52 Å². The monoisotopic (exact) mass is 432 g/mol. The molecular weight excluding hydrogens is 396 g/mol. The van der Waals surface area contributed by atoms with E-state index in [-0.39, 0.29) is 41.8 Å². The van der Waals surface area contributed by atoms with Crippen LogP contribution in [0.4, 0.5) is 0 Å². The van der Waals surface area contributed by atoms with Gasteiger partial charge in [0, 0.05) is 56.2 Å². The average Bonchev–Trinajstić information content (AvgIpc) is 3.46. The molecule has 1 aromatic rings. The van der Waals surface area contributed by atoms with E-state index in [2.05, 4.69) is 15.4 Å². The molecule has 1 N–H and O–H groups in total. The van der Waals surface area contributed by atoms with Crippen LogP contribution in [0.1, 0.15) is 56.5 Å². The number of ether oxygens (including phenoxy) is 1. The second kappa shape index (κ2) is 9.28. The van der Waals surface area contributed by atoms with Crippen molar-refractivity contribution in [2.24, 2.45) is 11.8 Å². The Labute approximate surface area is 184 Å². The predicted molar refractivity (Wildman–Crippen MR) is 115 cm³/mol. The summed E-state index contributed by atoms with van der Waals surface area (Å²) < 4.78 is 11.5. The van der Waals surface area contributed by atoms with Gasteiger partial charge in [-0.3, -0.25) is 14.5 Å². The highest BCUT2D eigenvalue weighted by Gasteiger charge is 2.51. The summed E-state index contributed by atoms with van der Waals surface area (Å²) in [5, 5.41) is 7.08. The smallest absolute Gasteiger partial charge is 0.222 e. The van der Waals surface area contributed by atoms with Crippen molar-refractivity contribution >= 4 is 11.8 Å². The quantitative estimate of drug-likeness (QED) is 0.709. The molecule has 3 saturated heterocycles. The van der Waals surface area contributed by atoms with Crippen LogP contribution in [0.2, 0.25) is 0 Å². The Bertz CT molecular complexity index is 782. The fraction of sp³-hybridized carbons (Fsp3) is 0.783. The molecule has 0 unspecified atom stereocenters. The number of rotatable bonds is 7. The van der Waals surface area contributed by atoms with Crippen LogP contribution >= 0.6 is 0 Å². The molecule has 31 heavy (non-hydrogen) atoms. The molecule has 8 heteroatoms. The molecule has 3 aliphatic rings. The molecule has 0 aliphatic carbocycles. The molecule has 4 atom stereocenters. The summed E-state index contributed by atoms with van der Waals surface area (Å²) >= 11 is 0. The molecule has 0 aromatic carbocycles. The zero-order chi connectivity index (χ0) is 22.1. The number of fused-ring (bicyclic) bond motifs is 1. The number of hydrogen-bond acceptors (Lipinski definition) is 6. The number of aryl methyl sites for hydroxylation is 2. The highest BCUT2D eigenvalue weighted by molar-refractivity contribution is 5.77. The summed E-state index contributed by atoms with van der Waals surface area (Å²) in [6, 6.07) is 0.318. The highest BCUT2D eigenvalue weighted by atomic mass is 16.5. The van der Waals surface area contributed by atoms with E-state index in [1.54, 1.807) is 0 Å². The summed E-state index contributed by atoms with van der Waals surface area (Å²) in [7, 11) is 0. The van der Waals surface area contributed by atoms with Crippen LogP contribution in [0.3, 0.4) is 0 Å². The number of nitrogens with one attached hydrogen (secondary N) is 1. The molecule has 1 aromatic heterocycles. The van der Waals surface area contributed by atoms with Crippen molar-refractivity contribution in [2.45, 2.75) is 78.1 Å². The largest absolute Gasteiger partial charge is 0.376 e. The van der Waals surface area contributed by atoms with Crippen LogP contribution in [-0.2, 0) is 20.9 Å². The number of hydrogen-bond donors (Lipinski definition) is 1. The van der Waals surface area contributed by atoms with Crippen LogP contribution in [0.25, 0.3) is 0 Å². The van der Waals surface area contributed by atoms with Gasteiger partial charge >= 0.3 is 0 Å². The number of amides is 2. The Kier molecular flexibility index (Phi) is 6.67. The lowest BCUT2D eigenvalue weighted by atomic mass is 9.84.